The smallest absolute Gasteiger partial charge is 0.0772 e. The summed E-state index contributed by atoms with van der Waals surface area (Å²) in [4.78, 5) is 2.34. The minimum absolute atomic E-state index is 0.407. The van der Waals surface area contributed by atoms with Crippen molar-refractivity contribution in [3.63, 3.8) is 0 Å². The molecule has 3 nitrogen and oxygen atoms in total. The summed E-state index contributed by atoms with van der Waals surface area (Å²) in [6.07, 6.45) is 1.04. The molecule has 0 spiro atoms. The lowest BCUT2D eigenvalue weighted by Gasteiger charge is -2.02. The van der Waals surface area contributed by atoms with Crippen LogP contribution in [-0.4, -0.2) is 16.3 Å². The van der Waals surface area contributed by atoms with E-state index in [4.69, 9.17) is 5.73 Å². The molecule has 0 saturated carbocycles. The van der Waals surface area contributed by atoms with E-state index in [1.807, 2.05) is 0 Å². The average Bonchev–Trinajstić information content (AvgIpc) is 2.93. The van der Waals surface area contributed by atoms with Crippen molar-refractivity contribution in [2.24, 2.45) is 5.73 Å². The summed E-state index contributed by atoms with van der Waals surface area (Å²) in [7, 11) is 0. The predicted molar refractivity (Wildman–Crippen MR) is 80.4 cm³/mol. The fourth-order valence-electron chi connectivity index (χ4n) is 2.22. The highest BCUT2D eigenvalue weighted by atomic mass is 32.1. The van der Waals surface area contributed by atoms with Crippen LogP contribution in [-0.2, 0) is 13.0 Å². The van der Waals surface area contributed by atoms with E-state index >= 15 is 0 Å². The summed E-state index contributed by atoms with van der Waals surface area (Å²) in [5, 5.41) is 4.62. The predicted octanol–water partition coefficient (Wildman–Crippen LogP) is 2.48. The zero-order valence-corrected chi connectivity index (χ0v) is 12.5. The molecule has 2 rings (SSSR count). The number of hydrogen-bond acceptors (Lipinski definition) is 3. The van der Waals surface area contributed by atoms with E-state index in [0.29, 0.717) is 6.54 Å². The molecule has 0 radical (unpaired) electrons. The molecule has 0 unspecified atom stereocenters. The van der Waals surface area contributed by atoms with Gasteiger partial charge < -0.3 is 5.73 Å². The van der Waals surface area contributed by atoms with Crippen LogP contribution in [0.2, 0.25) is 0 Å². The van der Waals surface area contributed by atoms with Gasteiger partial charge in [-0.1, -0.05) is 18.8 Å². The Labute approximate surface area is 118 Å². The molecular weight excluding hydrogens is 254 g/mol. The van der Waals surface area contributed by atoms with Crippen LogP contribution < -0.4 is 5.73 Å². The van der Waals surface area contributed by atoms with Crippen molar-refractivity contribution >= 4 is 11.3 Å². The number of nitrogens with zero attached hydrogens (tertiary/aromatic N) is 2. The number of thiophene rings is 1. The van der Waals surface area contributed by atoms with E-state index in [9.17, 15) is 0 Å². The summed E-state index contributed by atoms with van der Waals surface area (Å²) in [6, 6.07) is 4.17. The van der Waals surface area contributed by atoms with Crippen molar-refractivity contribution in [1.82, 2.24) is 9.78 Å². The van der Waals surface area contributed by atoms with Crippen molar-refractivity contribution in [2.45, 2.75) is 33.7 Å². The molecule has 100 valence electrons. The molecule has 0 saturated heterocycles. The van der Waals surface area contributed by atoms with Gasteiger partial charge in [0.1, 0.15) is 0 Å². The van der Waals surface area contributed by atoms with Crippen LogP contribution in [0.25, 0.3) is 0 Å². The van der Waals surface area contributed by atoms with E-state index in [0.717, 1.165) is 23.5 Å². The molecule has 2 aromatic heterocycles. The fourth-order valence-corrected chi connectivity index (χ4v) is 3.08. The average molecular weight is 273 g/mol. The van der Waals surface area contributed by atoms with Gasteiger partial charge in [-0.15, -0.1) is 11.3 Å². The third-order valence-corrected chi connectivity index (χ3v) is 4.15. The Balaban J connectivity index is 2.19. The van der Waals surface area contributed by atoms with Crippen LogP contribution in [0.3, 0.4) is 0 Å². The second kappa shape index (κ2) is 6.05. The lowest BCUT2D eigenvalue weighted by molar-refractivity contribution is 0.665. The molecule has 2 aromatic rings. The number of hydrogen-bond donors (Lipinski definition) is 1. The summed E-state index contributed by atoms with van der Waals surface area (Å²) >= 11 is 1.71. The highest BCUT2D eigenvalue weighted by molar-refractivity contribution is 7.12. The molecule has 4 heteroatoms. The number of nitrogens with two attached hydrogens (primary N) is 1. The van der Waals surface area contributed by atoms with Crippen LogP contribution in [0.5, 0.6) is 0 Å². The summed E-state index contributed by atoms with van der Waals surface area (Å²) in [5.41, 5.74) is 9.14. The standard InChI is InChI=1S/C15H19N3S/c1-4-15-11(2)17-18(12(15)3)10-14-8-7-13(19-14)6-5-9-16/h7-8H,4,9-10,16H2,1-3H3. The van der Waals surface area contributed by atoms with Crippen LogP contribution in [0.1, 0.15) is 33.6 Å². The van der Waals surface area contributed by atoms with Crippen molar-refractivity contribution in [3.05, 3.63) is 38.8 Å². The van der Waals surface area contributed by atoms with Crippen molar-refractivity contribution < 1.29 is 0 Å². The maximum Gasteiger partial charge on any atom is 0.0772 e. The first-order chi connectivity index (χ1) is 9.15. The SMILES string of the molecule is CCc1c(C)nn(Cc2ccc(C#CCN)s2)c1C. The summed E-state index contributed by atoms with van der Waals surface area (Å²) < 4.78 is 2.08. The van der Waals surface area contributed by atoms with Crippen LogP contribution in [0, 0.1) is 25.7 Å². The van der Waals surface area contributed by atoms with E-state index in [-0.39, 0.29) is 0 Å². The second-order valence-electron chi connectivity index (χ2n) is 4.43. The van der Waals surface area contributed by atoms with Crippen LogP contribution in [0.15, 0.2) is 12.1 Å². The van der Waals surface area contributed by atoms with E-state index in [1.54, 1.807) is 11.3 Å². The van der Waals surface area contributed by atoms with Crippen molar-refractivity contribution in [3.8, 4) is 11.8 Å². The molecule has 2 N–H and O–H groups in total. The van der Waals surface area contributed by atoms with Gasteiger partial charge in [-0.3, -0.25) is 4.68 Å². The Morgan fingerprint density at radius 2 is 2.16 bits per heavy atom. The Morgan fingerprint density at radius 3 is 2.79 bits per heavy atom. The van der Waals surface area contributed by atoms with Gasteiger partial charge in [0, 0.05) is 10.6 Å². The Bertz CT molecular complexity index is 626. The highest BCUT2D eigenvalue weighted by Crippen LogP contribution is 2.19. The topological polar surface area (TPSA) is 43.8 Å². The Kier molecular flexibility index (Phi) is 4.41. The Morgan fingerprint density at radius 1 is 1.37 bits per heavy atom. The molecule has 0 aromatic carbocycles. The van der Waals surface area contributed by atoms with Crippen LogP contribution in [0.4, 0.5) is 0 Å². The molecule has 0 aliphatic rings. The van der Waals surface area contributed by atoms with Gasteiger partial charge in [0.05, 0.1) is 23.7 Å². The van der Waals surface area contributed by atoms with Gasteiger partial charge in [0.25, 0.3) is 0 Å². The van der Waals surface area contributed by atoms with Gasteiger partial charge in [0.15, 0.2) is 0 Å². The summed E-state index contributed by atoms with van der Waals surface area (Å²) in [6.45, 7) is 7.62. The molecule has 2 heterocycles. The maximum atomic E-state index is 5.38. The van der Waals surface area contributed by atoms with Crippen LogP contribution >= 0.6 is 11.3 Å². The van der Waals surface area contributed by atoms with Crippen molar-refractivity contribution in [1.29, 1.82) is 0 Å². The van der Waals surface area contributed by atoms with E-state index in [2.05, 4.69) is 54.5 Å². The minimum Gasteiger partial charge on any atom is -0.320 e. The van der Waals surface area contributed by atoms with Gasteiger partial charge in [-0.25, -0.2) is 0 Å². The second-order valence-corrected chi connectivity index (χ2v) is 5.60. The zero-order chi connectivity index (χ0) is 13.8. The third kappa shape index (κ3) is 3.06. The number of aromatic nitrogens is 2. The molecule has 0 aliphatic carbocycles. The lowest BCUT2D eigenvalue weighted by atomic mass is 10.1. The normalized spacial score (nSPS) is 10.3. The minimum atomic E-state index is 0.407. The first kappa shape index (κ1) is 13.9. The van der Waals surface area contributed by atoms with E-state index < -0.39 is 0 Å². The molecule has 0 aliphatic heterocycles. The number of rotatable bonds is 3. The van der Waals surface area contributed by atoms with Gasteiger partial charge >= 0.3 is 0 Å². The lowest BCUT2D eigenvalue weighted by Crippen LogP contribution is -2.02. The molecule has 0 fully saturated rings. The monoisotopic (exact) mass is 273 g/mol. The first-order valence-electron chi connectivity index (χ1n) is 6.46. The highest BCUT2D eigenvalue weighted by Gasteiger charge is 2.10. The fraction of sp³-hybridized carbons (Fsp3) is 0.400. The Hall–Kier alpha value is -1.57. The molecule has 19 heavy (non-hydrogen) atoms. The molecule has 0 amide bonds. The summed E-state index contributed by atoms with van der Waals surface area (Å²) in [5.74, 6) is 5.95. The third-order valence-electron chi connectivity index (χ3n) is 3.17. The van der Waals surface area contributed by atoms with E-state index in [1.165, 1.54) is 16.1 Å². The molecular formula is C15H19N3S. The maximum absolute atomic E-state index is 5.38. The quantitative estimate of drug-likeness (QED) is 0.873. The zero-order valence-electron chi connectivity index (χ0n) is 11.7. The largest absolute Gasteiger partial charge is 0.320 e. The van der Waals surface area contributed by atoms with Crippen molar-refractivity contribution in [2.75, 3.05) is 6.54 Å². The number of aryl methyl sites for hydroxylation is 1. The molecule has 0 atom stereocenters. The molecule has 0 bridgehead atoms. The van der Waals surface area contributed by atoms with Gasteiger partial charge in [0.2, 0.25) is 0 Å². The first-order valence-corrected chi connectivity index (χ1v) is 7.27. The van der Waals surface area contributed by atoms with Gasteiger partial charge in [-0.2, -0.15) is 5.10 Å². The van der Waals surface area contributed by atoms with Gasteiger partial charge in [-0.05, 0) is 38.0 Å².